The topological polar surface area (TPSA) is 72.2 Å². The highest BCUT2D eigenvalue weighted by Gasteiger charge is 2.13. The van der Waals surface area contributed by atoms with Crippen molar-refractivity contribution in [3.05, 3.63) is 94.6 Å². The van der Waals surface area contributed by atoms with E-state index in [1.54, 1.807) is 54.6 Å². The Labute approximate surface area is 153 Å². The maximum absolute atomic E-state index is 13.8. The first-order chi connectivity index (χ1) is 13.1. The van der Waals surface area contributed by atoms with Crippen LogP contribution in [0.2, 0.25) is 0 Å². The van der Waals surface area contributed by atoms with Gasteiger partial charge in [-0.15, -0.1) is 0 Å². The standard InChI is InChI=1S/C21H13FN2O3/c22-17-10-3-1-8-15(17)19(25)23-14-7-5-6-13(12-14)20-24-18-11-4-2-9-16(18)21(26)27-20/h1-12H,(H,23,25). The molecule has 132 valence electrons. The number of rotatable bonds is 3. The molecular weight excluding hydrogens is 347 g/mol. The van der Waals surface area contributed by atoms with Crippen molar-refractivity contribution in [1.29, 1.82) is 0 Å². The van der Waals surface area contributed by atoms with Crippen LogP contribution in [0.25, 0.3) is 22.4 Å². The molecule has 0 atom stereocenters. The second-order valence-corrected chi connectivity index (χ2v) is 5.84. The van der Waals surface area contributed by atoms with E-state index in [0.717, 1.165) is 0 Å². The molecule has 6 heteroatoms. The maximum Gasteiger partial charge on any atom is 0.347 e. The molecule has 3 aromatic carbocycles. The highest BCUT2D eigenvalue weighted by molar-refractivity contribution is 6.04. The number of anilines is 1. The Bertz CT molecular complexity index is 1220. The van der Waals surface area contributed by atoms with Gasteiger partial charge >= 0.3 is 5.63 Å². The SMILES string of the molecule is O=C(Nc1cccc(-c2nc3ccccc3c(=O)o2)c1)c1ccccc1F. The van der Waals surface area contributed by atoms with Gasteiger partial charge in [-0.25, -0.2) is 14.2 Å². The number of benzene rings is 3. The van der Waals surface area contributed by atoms with Crippen molar-refractivity contribution < 1.29 is 13.6 Å². The van der Waals surface area contributed by atoms with Crippen LogP contribution in [0.15, 0.2) is 82.0 Å². The molecule has 0 saturated heterocycles. The number of aromatic nitrogens is 1. The molecular formula is C21H13FN2O3. The first-order valence-electron chi connectivity index (χ1n) is 8.18. The summed E-state index contributed by atoms with van der Waals surface area (Å²) in [5.74, 6) is -1.03. The lowest BCUT2D eigenvalue weighted by atomic mass is 10.1. The molecule has 0 spiro atoms. The molecule has 0 fully saturated rings. The lowest BCUT2D eigenvalue weighted by Crippen LogP contribution is -2.13. The fourth-order valence-electron chi connectivity index (χ4n) is 2.72. The average Bonchev–Trinajstić information content (AvgIpc) is 2.68. The number of fused-ring (bicyclic) bond motifs is 1. The van der Waals surface area contributed by atoms with E-state index in [4.69, 9.17) is 4.42 Å². The van der Waals surface area contributed by atoms with Crippen LogP contribution < -0.4 is 10.9 Å². The molecule has 1 aromatic heterocycles. The zero-order valence-corrected chi connectivity index (χ0v) is 14.0. The molecule has 1 N–H and O–H groups in total. The fraction of sp³-hybridized carbons (Fsp3) is 0. The van der Waals surface area contributed by atoms with Gasteiger partial charge in [0, 0.05) is 11.3 Å². The van der Waals surface area contributed by atoms with Crippen LogP contribution in [0.3, 0.4) is 0 Å². The highest BCUT2D eigenvalue weighted by Crippen LogP contribution is 2.22. The Balaban J connectivity index is 1.68. The number of carbonyl (C=O) groups is 1. The lowest BCUT2D eigenvalue weighted by molar-refractivity contribution is 0.102. The summed E-state index contributed by atoms with van der Waals surface area (Å²) in [5, 5.41) is 3.03. The quantitative estimate of drug-likeness (QED) is 0.593. The van der Waals surface area contributed by atoms with Gasteiger partial charge in [0.05, 0.1) is 16.5 Å². The first kappa shape index (κ1) is 16.7. The van der Waals surface area contributed by atoms with Crippen molar-refractivity contribution in [2.24, 2.45) is 0 Å². The second kappa shape index (κ2) is 6.84. The molecule has 0 unspecified atom stereocenters. The molecule has 0 aliphatic heterocycles. The van der Waals surface area contributed by atoms with Gasteiger partial charge in [0.15, 0.2) is 0 Å². The number of para-hydroxylation sites is 1. The van der Waals surface area contributed by atoms with Crippen molar-refractivity contribution in [3.63, 3.8) is 0 Å². The normalized spacial score (nSPS) is 10.7. The van der Waals surface area contributed by atoms with E-state index in [2.05, 4.69) is 10.3 Å². The zero-order chi connectivity index (χ0) is 18.8. The predicted octanol–water partition coefficient (Wildman–Crippen LogP) is 4.25. The third-order valence-corrected chi connectivity index (χ3v) is 4.02. The van der Waals surface area contributed by atoms with Gasteiger partial charge < -0.3 is 9.73 Å². The van der Waals surface area contributed by atoms with Crippen molar-refractivity contribution in [1.82, 2.24) is 4.98 Å². The lowest BCUT2D eigenvalue weighted by Gasteiger charge is -2.08. The van der Waals surface area contributed by atoms with Crippen LogP contribution in [0.1, 0.15) is 10.4 Å². The van der Waals surface area contributed by atoms with Crippen LogP contribution in [0, 0.1) is 5.82 Å². The number of nitrogens with zero attached hydrogens (tertiary/aromatic N) is 1. The van der Waals surface area contributed by atoms with Gasteiger partial charge in [-0.1, -0.05) is 30.3 Å². The number of hydrogen-bond donors (Lipinski definition) is 1. The van der Waals surface area contributed by atoms with Gasteiger partial charge in [-0.3, -0.25) is 4.79 Å². The van der Waals surface area contributed by atoms with E-state index < -0.39 is 17.3 Å². The smallest absolute Gasteiger partial charge is 0.347 e. The molecule has 27 heavy (non-hydrogen) atoms. The van der Waals surface area contributed by atoms with Crippen LogP contribution in [0.5, 0.6) is 0 Å². The van der Waals surface area contributed by atoms with Gasteiger partial charge in [-0.2, -0.15) is 0 Å². The first-order valence-corrected chi connectivity index (χ1v) is 8.18. The number of amides is 1. The summed E-state index contributed by atoms with van der Waals surface area (Å²) in [6.07, 6.45) is 0. The second-order valence-electron chi connectivity index (χ2n) is 5.84. The molecule has 1 amide bonds. The summed E-state index contributed by atoms with van der Waals surface area (Å²) in [6, 6.07) is 19.3. The molecule has 1 heterocycles. The zero-order valence-electron chi connectivity index (χ0n) is 14.0. The summed E-state index contributed by atoms with van der Waals surface area (Å²) in [4.78, 5) is 28.8. The summed E-state index contributed by atoms with van der Waals surface area (Å²) in [6.45, 7) is 0. The van der Waals surface area contributed by atoms with Crippen molar-refractivity contribution >= 4 is 22.5 Å². The van der Waals surface area contributed by atoms with Crippen LogP contribution in [0.4, 0.5) is 10.1 Å². The number of hydrogen-bond acceptors (Lipinski definition) is 4. The Morgan fingerprint density at radius 2 is 1.74 bits per heavy atom. The van der Waals surface area contributed by atoms with Crippen molar-refractivity contribution in [2.75, 3.05) is 5.32 Å². The summed E-state index contributed by atoms with van der Waals surface area (Å²) < 4.78 is 19.1. The number of nitrogens with one attached hydrogen (secondary N) is 1. The highest BCUT2D eigenvalue weighted by atomic mass is 19.1. The van der Waals surface area contributed by atoms with Crippen LogP contribution in [-0.4, -0.2) is 10.9 Å². The molecule has 4 rings (SSSR count). The van der Waals surface area contributed by atoms with E-state index in [0.29, 0.717) is 22.2 Å². The number of halogens is 1. The van der Waals surface area contributed by atoms with E-state index >= 15 is 0 Å². The predicted molar refractivity (Wildman–Crippen MR) is 100 cm³/mol. The minimum atomic E-state index is -0.603. The minimum absolute atomic E-state index is 0.0572. The summed E-state index contributed by atoms with van der Waals surface area (Å²) in [5.41, 5.74) is 0.918. The van der Waals surface area contributed by atoms with E-state index in [9.17, 15) is 14.0 Å². The molecule has 0 bridgehead atoms. The van der Waals surface area contributed by atoms with E-state index in [1.165, 1.54) is 18.2 Å². The molecule has 0 saturated carbocycles. The van der Waals surface area contributed by atoms with Crippen molar-refractivity contribution in [2.45, 2.75) is 0 Å². The third kappa shape index (κ3) is 3.32. The average molecular weight is 360 g/mol. The molecule has 0 aliphatic rings. The third-order valence-electron chi connectivity index (χ3n) is 4.02. The van der Waals surface area contributed by atoms with Gasteiger partial charge in [0.2, 0.25) is 5.89 Å². The largest absolute Gasteiger partial charge is 0.403 e. The fourth-order valence-corrected chi connectivity index (χ4v) is 2.72. The Hall–Kier alpha value is -3.80. The number of carbonyl (C=O) groups excluding carboxylic acids is 1. The van der Waals surface area contributed by atoms with Gasteiger partial charge in [-0.05, 0) is 42.5 Å². The Morgan fingerprint density at radius 3 is 2.59 bits per heavy atom. The van der Waals surface area contributed by atoms with Crippen molar-refractivity contribution in [3.8, 4) is 11.5 Å². The van der Waals surface area contributed by atoms with Crippen LogP contribution >= 0.6 is 0 Å². The van der Waals surface area contributed by atoms with E-state index in [-0.39, 0.29) is 11.5 Å². The molecule has 4 aromatic rings. The Morgan fingerprint density at radius 1 is 0.963 bits per heavy atom. The Kier molecular flexibility index (Phi) is 4.22. The minimum Gasteiger partial charge on any atom is -0.403 e. The van der Waals surface area contributed by atoms with Gasteiger partial charge in [0.25, 0.3) is 5.91 Å². The summed E-state index contributed by atoms with van der Waals surface area (Å²) in [7, 11) is 0. The van der Waals surface area contributed by atoms with Crippen LogP contribution in [-0.2, 0) is 0 Å². The molecule has 0 aliphatic carbocycles. The van der Waals surface area contributed by atoms with Gasteiger partial charge in [0.1, 0.15) is 5.82 Å². The molecule has 5 nitrogen and oxygen atoms in total. The van der Waals surface area contributed by atoms with E-state index in [1.807, 2.05) is 0 Å². The summed E-state index contributed by atoms with van der Waals surface area (Å²) >= 11 is 0. The maximum atomic E-state index is 13.8. The molecule has 0 radical (unpaired) electrons. The monoisotopic (exact) mass is 360 g/mol.